The summed E-state index contributed by atoms with van der Waals surface area (Å²) in [7, 11) is 1.60. The molecule has 28 heavy (non-hydrogen) atoms. The van der Waals surface area contributed by atoms with Crippen LogP contribution in [-0.4, -0.2) is 45.6 Å². The van der Waals surface area contributed by atoms with Gasteiger partial charge in [-0.3, -0.25) is 0 Å². The molecule has 0 fully saturated rings. The van der Waals surface area contributed by atoms with E-state index >= 15 is 0 Å². The van der Waals surface area contributed by atoms with Crippen molar-refractivity contribution in [2.75, 3.05) is 19.5 Å². The van der Waals surface area contributed by atoms with Crippen LogP contribution in [0.5, 0.6) is 5.75 Å². The summed E-state index contributed by atoms with van der Waals surface area (Å²) in [5.41, 5.74) is 1.07. The van der Waals surface area contributed by atoms with Gasteiger partial charge in [0.05, 0.1) is 24.1 Å². The monoisotopic (exact) mass is 398 g/mol. The second-order valence-electron chi connectivity index (χ2n) is 5.30. The molecule has 0 amide bonds. The minimum Gasteiger partial charge on any atom is -0.497 e. The van der Waals surface area contributed by atoms with E-state index in [4.69, 9.17) is 9.47 Å². The zero-order chi connectivity index (χ0) is 19.8. The second-order valence-corrected chi connectivity index (χ2v) is 6.24. The maximum Gasteiger partial charge on any atom is 0.339 e. The van der Waals surface area contributed by atoms with Crippen molar-refractivity contribution in [3.8, 4) is 23.3 Å². The molecule has 0 saturated carbocycles. The van der Waals surface area contributed by atoms with Crippen LogP contribution < -0.4 is 4.74 Å². The maximum absolute atomic E-state index is 12.8. The van der Waals surface area contributed by atoms with Crippen molar-refractivity contribution in [2.24, 2.45) is 0 Å². The summed E-state index contributed by atoms with van der Waals surface area (Å²) in [6.07, 6.45) is 0. The Morgan fingerprint density at radius 2 is 1.89 bits per heavy atom. The highest BCUT2D eigenvalue weighted by molar-refractivity contribution is 7.99. The Bertz CT molecular complexity index is 995. The molecule has 142 valence electrons. The Labute approximate surface area is 164 Å². The summed E-state index contributed by atoms with van der Waals surface area (Å²) in [4.78, 5) is 11.8. The second kappa shape index (κ2) is 9.53. The quantitative estimate of drug-likeness (QED) is 0.359. The molecule has 0 aliphatic carbocycles. The Morgan fingerprint density at radius 3 is 2.61 bits per heavy atom. The fourth-order valence-corrected chi connectivity index (χ4v) is 2.79. The number of rotatable bonds is 6. The summed E-state index contributed by atoms with van der Waals surface area (Å²) < 4.78 is 24.6. The van der Waals surface area contributed by atoms with Gasteiger partial charge in [-0.05, 0) is 59.0 Å². The summed E-state index contributed by atoms with van der Waals surface area (Å²) in [5, 5.41) is 12.2. The van der Waals surface area contributed by atoms with E-state index in [0.717, 1.165) is 11.4 Å². The molecule has 1 aromatic heterocycles. The Hall–Kier alpha value is -3.38. The van der Waals surface area contributed by atoms with Crippen molar-refractivity contribution >= 4 is 17.7 Å². The number of methoxy groups -OCH3 is 1. The Morgan fingerprint density at radius 1 is 1.14 bits per heavy atom. The largest absolute Gasteiger partial charge is 0.497 e. The number of halogens is 1. The molecule has 3 aromatic rings. The molecule has 0 aliphatic heterocycles. The van der Waals surface area contributed by atoms with E-state index in [2.05, 4.69) is 27.4 Å². The van der Waals surface area contributed by atoms with E-state index in [1.165, 1.54) is 36.0 Å². The summed E-state index contributed by atoms with van der Waals surface area (Å²) in [5.74, 6) is 5.84. The summed E-state index contributed by atoms with van der Waals surface area (Å²) in [6, 6.07) is 12.5. The van der Waals surface area contributed by atoms with Gasteiger partial charge in [0.1, 0.15) is 11.6 Å². The predicted molar refractivity (Wildman–Crippen MR) is 101 cm³/mol. The van der Waals surface area contributed by atoms with Crippen molar-refractivity contribution in [2.45, 2.75) is 5.16 Å². The average Bonchev–Trinajstić information content (AvgIpc) is 3.19. The first-order valence-electron chi connectivity index (χ1n) is 8.11. The van der Waals surface area contributed by atoms with E-state index < -0.39 is 11.8 Å². The van der Waals surface area contributed by atoms with Crippen LogP contribution in [-0.2, 0) is 4.74 Å². The normalized spacial score (nSPS) is 10.1. The molecular weight excluding hydrogens is 383 g/mol. The van der Waals surface area contributed by atoms with Crippen LogP contribution in [0.2, 0.25) is 0 Å². The number of aromatic nitrogens is 4. The lowest BCUT2D eigenvalue weighted by Crippen LogP contribution is -2.05. The fourth-order valence-electron chi connectivity index (χ4n) is 2.13. The van der Waals surface area contributed by atoms with E-state index in [1.807, 2.05) is 24.3 Å². The molecule has 0 spiro atoms. The van der Waals surface area contributed by atoms with E-state index in [1.54, 1.807) is 11.8 Å². The van der Waals surface area contributed by atoms with E-state index in [-0.39, 0.29) is 12.2 Å². The molecule has 0 unspecified atom stereocenters. The number of carbonyl (C=O) groups is 1. The van der Waals surface area contributed by atoms with Gasteiger partial charge in [-0.15, -0.1) is 5.10 Å². The van der Waals surface area contributed by atoms with Crippen LogP contribution >= 0.6 is 11.8 Å². The van der Waals surface area contributed by atoms with Crippen molar-refractivity contribution < 1.29 is 18.7 Å². The van der Waals surface area contributed by atoms with Crippen molar-refractivity contribution in [3.63, 3.8) is 0 Å². The van der Waals surface area contributed by atoms with Gasteiger partial charge in [0.2, 0.25) is 5.16 Å². The number of carbonyl (C=O) groups excluding carboxylic acids is 1. The zero-order valence-electron chi connectivity index (χ0n) is 14.8. The molecule has 0 aliphatic rings. The molecule has 7 nitrogen and oxygen atoms in total. The smallest absolute Gasteiger partial charge is 0.339 e. The first-order chi connectivity index (χ1) is 13.7. The number of esters is 1. The van der Waals surface area contributed by atoms with Crippen molar-refractivity contribution in [1.29, 1.82) is 0 Å². The van der Waals surface area contributed by atoms with Gasteiger partial charge in [0, 0.05) is 0 Å². The lowest BCUT2D eigenvalue weighted by molar-refractivity contribution is 0.0556. The molecule has 2 aromatic carbocycles. The van der Waals surface area contributed by atoms with Crippen LogP contribution in [0.3, 0.4) is 0 Å². The van der Waals surface area contributed by atoms with E-state index in [0.29, 0.717) is 10.9 Å². The molecule has 0 N–H and O–H groups in total. The van der Waals surface area contributed by atoms with Crippen LogP contribution in [0.15, 0.2) is 53.7 Å². The van der Waals surface area contributed by atoms with E-state index in [9.17, 15) is 9.18 Å². The number of thioether (sulfide) groups is 1. The molecule has 1 heterocycles. The van der Waals surface area contributed by atoms with Crippen LogP contribution in [0.25, 0.3) is 5.69 Å². The number of hydrogen-bond acceptors (Lipinski definition) is 7. The highest BCUT2D eigenvalue weighted by atomic mass is 32.2. The SMILES string of the molecule is COc1ccc(-n2nnnc2SCC#CCOC(=O)c2ccc(F)cc2)cc1. The van der Waals surface area contributed by atoms with Gasteiger partial charge in [-0.1, -0.05) is 23.6 Å². The van der Waals surface area contributed by atoms with Crippen molar-refractivity contribution in [1.82, 2.24) is 20.2 Å². The average molecular weight is 398 g/mol. The minimum atomic E-state index is -0.551. The Kier molecular flexibility index (Phi) is 6.59. The third kappa shape index (κ3) is 5.08. The first kappa shape index (κ1) is 19.4. The first-order valence-corrected chi connectivity index (χ1v) is 9.10. The van der Waals surface area contributed by atoms with Crippen LogP contribution in [0.1, 0.15) is 10.4 Å². The van der Waals surface area contributed by atoms with Crippen LogP contribution in [0.4, 0.5) is 4.39 Å². The number of hydrogen-bond donors (Lipinski definition) is 0. The number of tetrazole rings is 1. The van der Waals surface area contributed by atoms with Gasteiger partial charge < -0.3 is 9.47 Å². The molecule has 3 rings (SSSR count). The standard InChI is InChI=1S/C19H15FN4O3S/c1-26-17-10-8-16(9-11-17)24-19(21-22-23-24)28-13-3-2-12-27-18(25)14-4-6-15(20)7-5-14/h4-11H,12-13H2,1H3. The highest BCUT2D eigenvalue weighted by Crippen LogP contribution is 2.19. The Balaban J connectivity index is 1.49. The molecule has 0 saturated heterocycles. The highest BCUT2D eigenvalue weighted by Gasteiger charge is 2.08. The molecule has 0 bridgehead atoms. The van der Waals surface area contributed by atoms with Crippen LogP contribution in [0, 0.1) is 17.7 Å². The number of ether oxygens (including phenoxy) is 2. The molecular formula is C19H15FN4O3S. The fraction of sp³-hybridized carbons (Fsp3) is 0.158. The van der Waals surface area contributed by atoms with Crippen molar-refractivity contribution in [3.05, 3.63) is 59.9 Å². The van der Waals surface area contributed by atoms with Gasteiger partial charge >= 0.3 is 5.97 Å². The summed E-state index contributed by atoms with van der Waals surface area (Å²) >= 11 is 1.36. The van der Waals surface area contributed by atoms with Gasteiger partial charge in [-0.2, -0.15) is 4.68 Å². The lowest BCUT2D eigenvalue weighted by atomic mass is 10.2. The molecule has 0 atom stereocenters. The number of benzene rings is 2. The van der Waals surface area contributed by atoms with Gasteiger partial charge in [0.25, 0.3) is 0 Å². The molecule has 0 radical (unpaired) electrons. The lowest BCUT2D eigenvalue weighted by Gasteiger charge is -2.04. The minimum absolute atomic E-state index is 0.0554. The topological polar surface area (TPSA) is 79.1 Å². The van der Waals surface area contributed by atoms with Gasteiger partial charge in [0.15, 0.2) is 6.61 Å². The summed E-state index contributed by atoms with van der Waals surface area (Å²) in [6.45, 7) is -0.0554. The molecule has 9 heteroatoms. The number of nitrogens with zero attached hydrogens (tertiary/aromatic N) is 4. The zero-order valence-corrected chi connectivity index (χ0v) is 15.6. The third-order valence-corrected chi connectivity index (χ3v) is 4.31. The predicted octanol–water partition coefficient (Wildman–Crippen LogP) is 2.76. The third-order valence-electron chi connectivity index (χ3n) is 3.51. The van der Waals surface area contributed by atoms with Gasteiger partial charge in [-0.25, -0.2) is 9.18 Å². The maximum atomic E-state index is 12.8.